The van der Waals surface area contributed by atoms with Gasteiger partial charge in [0.2, 0.25) is 5.95 Å². The van der Waals surface area contributed by atoms with Crippen LogP contribution in [0.5, 0.6) is 0 Å². The van der Waals surface area contributed by atoms with Gasteiger partial charge in [0, 0.05) is 18.8 Å². The van der Waals surface area contributed by atoms with Crippen LogP contribution in [0.15, 0.2) is 6.07 Å². The molecular weight excluding hydrogens is 152 g/mol. The first-order chi connectivity index (χ1) is 5.76. The number of nitrogens with one attached hydrogen (secondary N) is 1. The van der Waals surface area contributed by atoms with Gasteiger partial charge in [-0.2, -0.15) is 0 Å². The minimum Gasteiger partial charge on any atom is -0.354 e. The van der Waals surface area contributed by atoms with Gasteiger partial charge in [-0.15, -0.1) is 0 Å². The molecule has 0 amide bonds. The molecular formula is C8H14N4. The summed E-state index contributed by atoms with van der Waals surface area (Å²) in [4.78, 5) is 8.39. The van der Waals surface area contributed by atoms with Gasteiger partial charge >= 0.3 is 0 Å². The molecule has 3 N–H and O–H groups in total. The molecule has 0 bridgehead atoms. The number of hydrogen-bond acceptors (Lipinski definition) is 4. The standard InChI is InChI=1S/C8H14N4/c1-3-10-8-11-6(2)4-7(5-9)12-8/h4H,3,5,9H2,1-2H3,(H,10,11,12). The SMILES string of the molecule is CCNc1nc(C)cc(CN)n1. The number of aromatic nitrogens is 2. The zero-order chi connectivity index (χ0) is 8.97. The summed E-state index contributed by atoms with van der Waals surface area (Å²) in [5, 5.41) is 3.05. The summed E-state index contributed by atoms with van der Waals surface area (Å²) in [6.07, 6.45) is 0. The van der Waals surface area contributed by atoms with E-state index >= 15 is 0 Å². The highest BCUT2D eigenvalue weighted by molar-refractivity contribution is 5.27. The van der Waals surface area contributed by atoms with Gasteiger partial charge in [-0.25, -0.2) is 9.97 Å². The van der Waals surface area contributed by atoms with Crippen LogP contribution in [0.2, 0.25) is 0 Å². The molecule has 1 aromatic rings. The average Bonchev–Trinajstić information content (AvgIpc) is 2.04. The van der Waals surface area contributed by atoms with E-state index in [1.165, 1.54) is 0 Å². The average molecular weight is 166 g/mol. The lowest BCUT2D eigenvalue weighted by molar-refractivity contribution is 0.940. The fourth-order valence-electron chi connectivity index (χ4n) is 0.975. The van der Waals surface area contributed by atoms with Crippen molar-refractivity contribution in [1.82, 2.24) is 9.97 Å². The van der Waals surface area contributed by atoms with E-state index < -0.39 is 0 Å². The van der Waals surface area contributed by atoms with Crippen molar-refractivity contribution in [3.63, 3.8) is 0 Å². The Morgan fingerprint density at radius 3 is 2.83 bits per heavy atom. The largest absolute Gasteiger partial charge is 0.354 e. The lowest BCUT2D eigenvalue weighted by atomic mass is 10.3. The van der Waals surface area contributed by atoms with E-state index in [9.17, 15) is 0 Å². The second-order valence-electron chi connectivity index (χ2n) is 2.56. The monoisotopic (exact) mass is 166 g/mol. The molecule has 0 radical (unpaired) electrons. The molecule has 0 spiro atoms. The van der Waals surface area contributed by atoms with Gasteiger partial charge in [0.15, 0.2) is 0 Å². The Balaban J connectivity index is 2.90. The molecule has 0 saturated heterocycles. The number of rotatable bonds is 3. The zero-order valence-corrected chi connectivity index (χ0v) is 7.46. The van der Waals surface area contributed by atoms with Crippen LogP contribution in [0.4, 0.5) is 5.95 Å². The molecule has 4 heteroatoms. The Kier molecular flexibility index (Phi) is 2.99. The molecule has 0 aliphatic carbocycles. The smallest absolute Gasteiger partial charge is 0.223 e. The van der Waals surface area contributed by atoms with Crippen LogP contribution < -0.4 is 11.1 Å². The second-order valence-corrected chi connectivity index (χ2v) is 2.56. The van der Waals surface area contributed by atoms with Crippen LogP contribution in [0.1, 0.15) is 18.3 Å². The number of aryl methyl sites for hydroxylation is 1. The number of anilines is 1. The van der Waals surface area contributed by atoms with Crippen molar-refractivity contribution >= 4 is 5.95 Å². The van der Waals surface area contributed by atoms with E-state index in [0.29, 0.717) is 12.5 Å². The Bertz CT molecular complexity index is 259. The number of hydrogen-bond donors (Lipinski definition) is 2. The van der Waals surface area contributed by atoms with Gasteiger partial charge in [-0.05, 0) is 19.9 Å². The summed E-state index contributed by atoms with van der Waals surface area (Å²) >= 11 is 0. The highest BCUT2D eigenvalue weighted by Crippen LogP contribution is 2.03. The van der Waals surface area contributed by atoms with Crippen molar-refractivity contribution in [2.24, 2.45) is 5.73 Å². The first-order valence-electron chi connectivity index (χ1n) is 4.04. The predicted octanol–water partition coefficient (Wildman–Crippen LogP) is 0.676. The first-order valence-corrected chi connectivity index (χ1v) is 4.04. The molecule has 0 aliphatic heterocycles. The maximum Gasteiger partial charge on any atom is 0.223 e. The molecule has 0 unspecified atom stereocenters. The van der Waals surface area contributed by atoms with Crippen LogP contribution in [-0.4, -0.2) is 16.5 Å². The fraction of sp³-hybridized carbons (Fsp3) is 0.500. The summed E-state index contributed by atoms with van der Waals surface area (Å²) in [6.45, 7) is 5.23. The maximum absolute atomic E-state index is 5.47. The number of nitrogens with zero attached hydrogens (tertiary/aromatic N) is 2. The molecule has 1 heterocycles. The molecule has 0 aromatic carbocycles. The third-order valence-electron chi connectivity index (χ3n) is 1.45. The Morgan fingerprint density at radius 2 is 2.25 bits per heavy atom. The van der Waals surface area contributed by atoms with E-state index in [-0.39, 0.29) is 0 Å². The first kappa shape index (κ1) is 8.93. The van der Waals surface area contributed by atoms with Gasteiger partial charge in [0.25, 0.3) is 0 Å². The molecule has 4 nitrogen and oxygen atoms in total. The van der Waals surface area contributed by atoms with Crippen LogP contribution in [0, 0.1) is 6.92 Å². The van der Waals surface area contributed by atoms with Crippen LogP contribution in [0.25, 0.3) is 0 Å². The van der Waals surface area contributed by atoms with Crippen molar-refractivity contribution < 1.29 is 0 Å². The summed E-state index contributed by atoms with van der Waals surface area (Å²) in [6, 6.07) is 1.89. The van der Waals surface area contributed by atoms with Gasteiger partial charge in [0.05, 0.1) is 5.69 Å². The van der Waals surface area contributed by atoms with Gasteiger partial charge in [-0.1, -0.05) is 0 Å². The normalized spacial score (nSPS) is 9.92. The highest BCUT2D eigenvalue weighted by Gasteiger charge is 1.98. The minimum absolute atomic E-state index is 0.460. The van der Waals surface area contributed by atoms with E-state index in [0.717, 1.165) is 17.9 Å². The van der Waals surface area contributed by atoms with Crippen molar-refractivity contribution in [3.05, 3.63) is 17.5 Å². The van der Waals surface area contributed by atoms with Gasteiger partial charge in [0.1, 0.15) is 0 Å². The van der Waals surface area contributed by atoms with Crippen molar-refractivity contribution in [2.45, 2.75) is 20.4 Å². The summed E-state index contributed by atoms with van der Waals surface area (Å²) in [5.74, 6) is 0.665. The third-order valence-corrected chi connectivity index (χ3v) is 1.45. The lowest BCUT2D eigenvalue weighted by Gasteiger charge is -2.04. The zero-order valence-electron chi connectivity index (χ0n) is 7.46. The second kappa shape index (κ2) is 4.01. The summed E-state index contributed by atoms with van der Waals surface area (Å²) in [5.41, 5.74) is 7.29. The van der Waals surface area contributed by atoms with Crippen LogP contribution in [-0.2, 0) is 6.54 Å². The fourth-order valence-corrected chi connectivity index (χ4v) is 0.975. The molecule has 0 atom stereocenters. The topological polar surface area (TPSA) is 63.8 Å². The predicted molar refractivity (Wildman–Crippen MR) is 48.8 cm³/mol. The van der Waals surface area contributed by atoms with Gasteiger partial charge < -0.3 is 11.1 Å². The summed E-state index contributed by atoms with van der Waals surface area (Å²) < 4.78 is 0. The minimum atomic E-state index is 0.460. The third kappa shape index (κ3) is 2.17. The molecule has 0 aliphatic rings. The van der Waals surface area contributed by atoms with Crippen molar-refractivity contribution in [2.75, 3.05) is 11.9 Å². The van der Waals surface area contributed by atoms with E-state index in [4.69, 9.17) is 5.73 Å². The molecule has 0 fully saturated rings. The van der Waals surface area contributed by atoms with Gasteiger partial charge in [-0.3, -0.25) is 0 Å². The van der Waals surface area contributed by atoms with E-state index in [1.54, 1.807) is 0 Å². The van der Waals surface area contributed by atoms with Crippen LogP contribution in [0.3, 0.4) is 0 Å². The molecule has 12 heavy (non-hydrogen) atoms. The van der Waals surface area contributed by atoms with Crippen LogP contribution >= 0.6 is 0 Å². The Morgan fingerprint density at radius 1 is 1.50 bits per heavy atom. The van der Waals surface area contributed by atoms with Crippen molar-refractivity contribution in [3.8, 4) is 0 Å². The molecule has 66 valence electrons. The molecule has 1 rings (SSSR count). The molecule has 1 aromatic heterocycles. The molecule has 0 saturated carbocycles. The maximum atomic E-state index is 5.47. The lowest BCUT2D eigenvalue weighted by Crippen LogP contribution is -2.07. The Hall–Kier alpha value is -1.16. The van der Waals surface area contributed by atoms with Crippen molar-refractivity contribution in [1.29, 1.82) is 0 Å². The van der Waals surface area contributed by atoms with E-state index in [1.807, 2.05) is 19.9 Å². The van der Waals surface area contributed by atoms with E-state index in [2.05, 4.69) is 15.3 Å². The Labute approximate surface area is 72.2 Å². The summed E-state index contributed by atoms with van der Waals surface area (Å²) in [7, 11) is 0. The number of nitrogens with two attached hydrogens (primary N) is 1. The highest BCUT2D eigenvalue weighted by atomic mass is 15.1. The quantitative estimate of drug-likeness (QED) is 0.693.